The number of aromatic nitrogens is 2. The van der Waals surface area contributed by atoms with Crippen LogP contribution in [0.4, 0.5) is 15.8 Å². The fourth-order valence-corrected chi connectivity index (χ4v) is 5.03. The number of halogens is 1. The molecule has 2 aromatic heterocycles. The Morgan fingerprint density at radius 2 is 1.86 bits per heavy atom. The molecule has 4 aromatic rings. The molecule has 0 saturated carbocycles. The van der Waals surface area contributed by atoms with Crippen molar-refractivity contribution in [3.63, 3.8) is 0 Å². The number of carbonyl (C=O) groups is 1. The molecule has 2 aromatic carbocycles. The minimum absolute atomic E-state index is 0.0792. The number of thiazole rings is 1. The van der Waals surface area contributed by atoms with Gasteiger partial charge in [-0.25, -0.2) is 19.1 Å². The Bertz CT molecular complexity index is 1570. The first kappa shape index (κ1) is 24.8. The van der Waals surface area contributed by atoms with Gasteiger partial charge in [-0.15, -0.1) is 11.3 Å². The smallest absolute Gasteiger partial charge is 0.263 e. The van der Waals surface area contributed by atoms with E-state index in [4.69, 9.17) is 13.1 Å². The molecule has 0 saturated heterocycles. The molecular formula is C28H24FN5OS. The van der Waals surface area contributed by atoms with Crippen LogP contribution in [0.3, 0.4) is 0 Å². The summed E-state index contributed by atoms with van der Waals surface area (Å²) in [6.45, 7) is 23.0. The highest BCUT2D eigenvalue weighted by Crippen LogP contribution is 2.40. The summed E-state index contributed by atoms with van der Waals surface area (Å²) in [5.41, 5.74) is 8.86. The Kier molecular flexibility index (Phi) is 7.00. The van der Waals surface area contributed by atoms with Gasteiger partial charge in [0.2, 0.25) is 5.69 Å². The number of carbonyl (C=O) groups excluding carboxylic acids is 1. The molecule has 0 unspecified atom stereocenters. The largest absolute Gasteiger partial charge is 0.355 e. The van der Waals surface area contributed by atoms with Crippen molar-refractivity contribution in [2.45, 2.75) is 40.8 Å². The van der Waals surface area contributed by atoms with Gasteiger partial charge in [0.05, 0.1) is 24.3 Å². The molecule has 0 radical (unpaired) electrons. The normalized spacial score (nSPS) is 10.6. The quantitative estimate of drug-likeness (QED) is 0.290. The standard InChI is InChI=1S/C28H24FN5OS/c1-16-11-21(9-10-24(16)30-5)25-18(3)34(19(4)26(25)31-6)14-20-7-8-22(23(29)12-20)13-32-28(35)27-17(2)33-15-36-27/h7-12,15H,13-14H2,1-4H3,(H,32,35). The molecule has 0 aliphatic heterocycles. The number of aryl methyl sites for hydroxylation is 2. The highest BCUT2D eigenvalue weighted by atomic mass is 32.1. The number of rotatable bonds is 6. The second kappa shape index (κ2) is 10.2. The molecule has 4 rings (SSSR count). The van der Waals surface area contributed by atoms with Crippen LogP contribution in [0.1, 0.15) is 43.4 Å². The van der Waals surface area contributed by atoms with Gasteiger partial charge in [0.15, 0.2) is 5.69 Å². The molecule has 6 nitrogen and oxygen atoms in total. The average Bonchev–Trinajstić information content (AvgIpc) is 3.39. The molecule has 0 fully saturated rings. The summed E-state index contributed by atoms with van der Waals surface area (Å²) in [5, 5.41) is 2.75. The number of hydrogen-bond donors (Lipinski definition) is 1. The molecule has 1 amide bonds. The minimum atomic E-state index is -0.396. The number of benzene rings is 2. The van der Waals surface area contributed by atoms with Crippen molar-refractivity contribution in [1.29, 1.82) is 0 Å². The van der Waals surface area contributed by atoms with E-state index < -0.39 is 5.82 Å². The lowest BCUT2D eigenvalue weighted by Gasteiger charge is -2.13. The highest BCUT2D eigenvalue weighted by Gasteiger charge is 2.20. The van der Waals surface area contributed by atoms with E-state index in [1.807, 2.05) is 43.5 Å². The van der Waals surface area contributed by atoms with Crippen LogP contribution >= 0.6 is 11.3 Å². The molecule has 0 aliphatic carbocycles. The van der Waals surface area contributed by atoms with E-state index in [9.17, 15) is 9.18 Å². The summed E-state index contributed by atoms with van der Waals surface area (Å²) in [6, 6.07) is 10.6. The number of amides is 1. The Labute approximate surface area is 213 Å². The van der Waals surface area contributed by atoms with E-state index in [1.165, 1.54) is 17.4 Å². The maximum atomic E-state index is 14.9. The lowest BCUT2D eigenvalue weighted by atomic mass is 10.0. The van der Waals surface area contributed by atoms with E-state index in [-0.39, 0.29) is 12.5 Å². The first-order valence-corrected chi connectivity index (χ1v) is 12.1. The number of hydrogen-bond acceptors (Lipinski definition) is 3. The summed E-state index contributed by atoms with van der Waals surface area (Å²) >= 11 is 1.26. The second-order valence-electron chi connectivity index (χ2n) is 8.58. The summed E-state index contributed by atoms with van der Waals surface area (Å²) in [6.07, 6.45) is 0. The lowest BCUT2D eigenvalue weighted by molar-refractivity contribution is 0.0954. The van der Waals surface area contributed by atoms with Crippen molar-refractivity contribution >= 4 is 28.6 Å². The van der Waals surface area contributed by atoms with Crippen molar-refractivity contribution in [1.82, 2.24) is 14.9 Å². The minimum Gasteiger partial charge on any atom is -0.355 e. The summed E-state index contributed by atoms with van der Waals surface area (Å²) < 4.78 is 16.9. The summed E-state index contributed by atoms with van der Waals surface area (Å²) in [4.78, 5) is 24.2. The summed E-state index contributed by atoms with van der Waals surface area (Å²) in [5.74, 6) is -0.664. The Morgan fingerprint density at radius 1 is 1.08 bits per heavy atom. The zero-order chi connectivity index (χ0) is 26.0. The van der Waals surface area contributed by atoms with Crippen LogP contribution in [0.25, 0.3) is 20.8 Å². The molecule has 0 aliphatic rings. The molecule has 0 bridgehead atoms. The van der Waals surface area contributed by atoms with Gasteiger partial charge in [-0.3, -0.25) is 4.79 Å². The van der Waals surface area contributed by atoms with Gasteiger partial charge >= 0.3 is 0 Å². The van der Waals surface area contributed by atoms with Crippen molar-refractivity contribution in [2.24, 2.45) is 0 Å². The monoisotopic (exact) mass is 497 g/mol. The van der Waals surface area contributed by atoms with Crippen LogP contribution < -0.4 is 5.32 Å². The highest BCUT2D eigenvalue weighted by molar-refractivity contribution is 7.11. The van der Waals surface area contributed by atoms with Crippen molar-refractivity contribution < 1.29 is 9.18 Å². The molecule has 36 heavy (non-hydrogen) atoms. The van der Waals surface area contributed by atoms with Crippen LogP contribution in [-0.2, 0) is 13.1 Å². The van der Waals surface area contributed by atoms with Crippen LogP contribution in [0.2, 0.25) is 0 Å². The molecule has 2 heterocycles. The van der Waals surface area contributed by atoms with Gasteiger partial charge in [-0.1, -0.05) is 30.3 Å². The molecular weight excluding hydrogens is 473 g/mol. The molecule has 0 spiro atoms. The Morgan fingerprint density at radius 3 is 2.47 bits per heavy atom. The van der Waals surface area contributed by atoms with E-state index in [0.29, 0.717) is 34.1 Å². The first-order chi connectivity index (χ1) is 17.2. The Balaban J connectivity index is 1.58. The zero-order valence-electron chi connectivity index (χ0n) is 20.4. The van der Waals surface area contributed by atoms with Gasteiger partial charge in [0.1, 0.15) is 10.7 Å². The topological polar surface area (TPSA) is 55.6 Å². The third kappa shape index (κ3) is 4.64. The summed E-state index contributed by atoms with van der Waals surface area (Å²) in [7, 11) is 0. The van der Waals surface area contributed by atoms with Crippen molar-refractivity contribution in [3.8, 4) is 11.1 Å². The lowest BCUT2D eigenvalue weighted by Crippen LogP contribution is -2.23. The SMILES string of the molecule is [C-]#[N+]c1ccc(-c2c([N+]#[C-])c(C)n(Cc3ccc(CNC(=O)c4scnc4C)c(F)c3)c2C)cc1C. The average molecular weight is 498 g/mol. The fraction of sp³-hybridized carbons (Fsp3) is 0.214. The van der Waals surface area contributed by atoms with Crippen LogP contribution in [0, 0.1) is 46.7 Å². The molecule has 8 heteroatoms. The molecule has 180 valence electrons. The van der Waals surface area contributed by atoms with E-state index >= 15 is 0 Å². The number of nitrogens with zero attached hydrogens (tertiary/aromatic N) is 4. The van der Waals surface area contributed by atoms with Crippen LogP contribution in [-0.4, -0.2) is 15.5 Å². The van der Waals surface area contributed by atoms with Crippen LogP contribution in [0.5, 0.6) is 0 Å². The van der Waals surface area contributed by atoms with Gasteiger partial charge in [-0.05, 0) is 50.5 Å². The number of nitrogens with one attached hydrogen (secondary N) is 1. The van der Waals surface area contributed by atoms with Crippen molar-refractivity contribution in [2.75, 3.05) is 0 Å². The second-order valence-corrected chi connectivity index (χ2v) is 9.44. The molecule has 0 atom stereocenters. The predicted octanol–water partition coefficient (Wildman–Crippen LogP) is 7.06. The fourth-order valence-electron chi connectivity index (χ4n) is 4.31. The van der Waals surface area contributed by atoms with Crippen molar-refractivity contribution in [3.05, 3.63) is 109 Å². The molecule has 1 N–H and O–H groups in total. The van der Waals surface area contributed by atoms with E-state index in [0.717, 1.165) is 33.6 Å². The first-order valence-electron chi connectivity index (χ1n) is 11.3. The van der Waals surface area contributed by atoms with Gasteiger partial charge in [0.25, 0.3) is 5.91 Å². The third-order valence-corrected chi connectivity index (χ3v) is 7.25. The third-order valence-electron chi connectivity index (χ3n) is 6.32. The zero-order valence-corrected chi connectivity index (χ0v) is 21.3. The maximum absolute atomic E-state index is 14.9. The van der Waals surface area contributed by atoms with E-state index in [1.54, 1.807) is 24.6 Å². The Hall–Kier alpha value is -4.27. The van der Waals surface area contributed by atoms with Gasteiger partial charge in [-0.2, -0.15) is 0 Å². The van der Waals surface area contributed by atoms with Gasteiger partial charge in [0, 0.05) is 35.6 Å². The predicted molar refractivity (Wildman–Crippen MR) is 140 cm³/mol. The van der Waals surface area contributed by atoms with Crippen LogP contribution in [0.15, 0.2) is 41.9 Å². The maximum Gasteiger partial charge on any atom is 0.263 e. The van der Waals surface area contributed by atoms with E-state index in [2.05, 4.69) is 20.0 Å². The van der Waals surface area contributed by atoms with Gasteiger partial charge < -0.3 is 9.88 Å².